The van der Waals surface area contributed by atoms with Gasteiger partial charge in [-0.1, -0.05) is 36.4 Å². The number of fused-ring (bicyclic) bond motifs is 1. The highest BCUT2D eigenvalue weighted by Crippen LogP contribution is 2.16. The smallest absolute Gasteiger partial charge is 0.341 e. The molecule has 0 saturated carbocycles. The number of benzene rings is 2. The van der Waals surface area contributed by atoms with Gasteiger partial charge in [-0.25, -0.2) is 4.79 Å². The van der Waals surface area contributed by atoms with Gasteiger partial charge in [-0.2, -0.15) is 0 Å². The van der Waals surface area contributed by atoms with E-state index in [1.54, 1.807) is 6.07 Å². The SMILES string of the molecule is CN(Cc1cc2ccccc2oc1=O)c1ccccc1. The lowest BCUT2D eigenvalue weighted by Crippen LogP contribution is -2.21. The van der Waals surface area contributed by atoms with Crippen molar-refractivity contribution in [3.05, 3.63) is 76.6 Å². The lowest BCUT2D eigenvalue weighted by atomic mass is 10.1. The minimum Gasteiger partial charge on any atom is -0.422 e. The Labute approximate surface area is 117 Å². The van der Waals surface area contributed by atoms with E-state index >= 15 is 0 Å². The van der Waals surface area contributed by atoms with Gasteiger partial charge in [0.1, 0.15) is 5.58 Å². The summed E-state index contributed by atoms with van der Waals surface area (Å²) in [5.74, 6) is 0. The van der Waals surface area contributed by atoms with Crippen LogP contribution in [0, 0.1) is 0 Å². The van der Waals surface area contributed by atoms with Crippen LogP contribution in [-0.4, -0.2) is 7.05 Å². The highest BCUT2D eigenvalue weighted by Gasteiger charge is 2.08. The van der Waals surface area contributed by atoms with E-state index in [1.165, 1.54) is 0 Å². The van der Waals surface area contributed by atoms with Crippen LogP contribution in [0.25, 0.3) is 11.0 Å². The van der Waals surface area contributed by atoms with Crippen LogP contribution < -0.4 is 10.5 Å². The molecule has 0 radical (unpaired) electrons. The Balaban J connectivity index is 1.95. The first-order valence-corrected chi connectivity index (χ1v) is 6.52. The maximum atomic E-state index is 12.0. The standard InChI is InChI=1S/C17H15NO2/c1-18(15-8-3-2-4-9-15)12-14-11-13-7-5-6-10-16(13)20-17(14)19/h2-11H,12H2,1H3. The Hall–Kier alpha value is -2.55. The lowest BCUT2D eigenvalue weighted by Gasteiger charge is -2.18. The zero-order valence-corrected chi connectivity index (χ0v) is 11.2. The van der Waals surface area contributed by atoms with Crippen molar-refractivity contribution in [3.63, 3.8) is 0 Å². The molecule has 0 aliphatic carbocycles. The Bertz CT molecular complexity index is 778. The van der Waals surface area contributed by atoms with Gasteiger partial charge in [0, 0.05) is 24.7 Å². The van der Waals surface area contributed by atoms with Gasteiger partial charge < -0.3 is 9.32 Å². The normalized spacial score (nSPS) is 10.7. The first kappa shape index (κ1) is 12.5. The number of hydrogen-bond acceptors (Lipinski definition) is 3. The summed E-state index contributed by atoms with van der Waals surface area (Å²) in [4.78, 5) is 14.0. The molecule has 3 nitrogen and oxygen atoms in total. The summed E-state index contributed by atoms with van der Waals surface area (Å²) in [6, 6.07) is 19.4. The monoisotopic (exact) mass is 265 g/mol. The van der Waals surface area contributed by atoms with Gasteiger partial charge in [0.25, 0.3) is 0 Å². The number of nitrogens with zero attached hydrogens (tertiary/aromatic N) is 1. The van der Waals surface area contributed by atoms with Crippen LogP contribution in [0.15, 0.2) is 69.9 Å². The van der Waals surface area contributed by atoms with Crippen molar-refractivity contribution in [1.82, 2.24) is 0 Å². The van der Waals surface area contributed by atoms with Crippen molar-refractivity contribution in [1.29, 1.82) is 0 Å². The van der Waals surface area contributed by atoms with Crippen LogP contribution in [0.2, 0.25) is 0 Å². The molecule has 0 amide bonds. The molecule has 1 aromatic heterocycles. The Morgan fingerprint density at radius 1 is 1.00 bits per heavy atom. The fraction of sp³-hybridized carbons (Fsp3) is 0.118. The minimum absolute atomic E-state index is 0.272. The Morgan fingerprint density at radius 3 is 2.50 bits per heavy atom. The molecule has 0 aliphatic heterocycles. The van der Waals surface area contributed by atoms with E-state index in [1.807, 2.05) is 66.5 Å². The summed E-state index contributed by atoms with van der Waals surface area (Å²) < 4.78 is 5.35. The molecule has 0 fully saturated rings. The molecule has 0 aliphatic rings. The summed E-state index contributed by atoms with van der Waals surface area (Å²) in [5, 5.41) is 0.948. The molecular weight excluding hydrogens is 250 g/mol. The third-order valence-electron chi connectivity index (χ3n) is 3.32. The topological polar surface area (TPSA) is 33.5 Å². The fourth-order valence-electron chi connectivity index (χ4n) is 2.24. The summed E-state index contributed by atoms with van der Waals surface area (Å²) >= 11 is 0. The van der Waals surface area contributed by atoms with E-state index < -0.39 is 0 Å². The fourth-order valence-corrected chi connectivity index (χ4v) is 2.24. The molecular formula is C17H15NO2. The van der Waals surface area contributed by atoms with Crippen LogP contribution in [-0.2, 0) is 6.54 Å². The average Bonchev–Trinajstić information content (AvgIpc) is 2.49. The molecule has 2 aromatic carbocycles. The van der Waals surface area contributed by atoms with Gasteiger partial charge in [-0.05, 0) is 24.3 Å². The Morgan fingerprint density at radius 2 is 1.70 bits per heavy atom. The summed E-state index contributed by atoms with van der Waals surface area (Å²) in [6.45, 7) is 0.525. The molecule has 20 heavy (non-hydrogen) atoms. The molecule has 1 heterocycles. The van der Waals surface area contributed by atoms with Crippen LogP contribution in [0.4, 0.5) is 5.69 Å². The molecule has 0 bridgehead atoms. The van der Waals surface area contributed by atoms with Crippen molar-refractivity contribution in [2.75, 3.05) is 11.9 Å². The van der Waals surface area contributed by atoms with E-state index in [9.17, 15) is 4.79 Å². The number of rotatable bonds is 3. The second-order valence-electron chi connectivity index (χ2n) is 4.79. The number of hydrogen-bond donors (Lipinski definition) is 0. The van der Waals surface area contributed by atoms with Crippen LogP contribution in [0.5, 0.6) is 0 Å². The highest BCUT2D eigenvalue weighted by molar-refractivity contribution is 5.76. The minimum atomic E-state index is -0.272. The third kappa shape index (κ3) is 2.43. The average molecular weight is 265 g/mol. The predicted molar refractivity (Wildman–Crippen MR) is 81.0 cm³/mol. The second-order valence-corrected chi connectivity index (χ2v) is 4.79. The van der Waals surface area contributed by atoms with E-state index in [-0.39, 0.29) is 5.63 Å². The maximum Gasteiger partial charge on any atom is 0.341 e. The number of anilines is 1. The van der Waals surface area contributed by atoms with Gasteiger partial charge in [0.2, 0.25) is 0 Å². The first-order chi connectivity index (χ1) is 9.74. The molecule has 3 rings (SSSR count). The van der Waals surface area contributed by atoms with Crippen molar-refractivity contribution < 1.29 is 4.42 Å². The molecule has 100 valence electrons. The van der Waals surface area contributed by atoms with Crippen LogP contribution >= 0.6 is 0 Å². The zero-order valence-electron chi connectivity index (χ0n) is 11.2. The predicted octanol–water partition coefficient (Wildman–Crippen LogP) is 3.43. The largest absolute Gasteiger partial charge is 0.422 e. The summed E-state index contributed by atoms with van der Waals surface area (Å²) in [5.41, 5.74) is 2.09. The summed E-state index contributed by atoms with van der Waals surface area (Å²) in [7, 11) is 1.96. The van der Waals surface area contributed by atoms with Gasteiger partial charge in [0.05, 0.1) is 5.56 Å². The van der Waals surface area contributed by atoms with Crippen molar-refractivity contribution in [3.8, 4) is 0 Å². The van der Waals surface area contributed by atoms with E-state index in [2.05, 4.69) is 0 Å². The van der Waals surface area contributed by atoms with Gasteiger partial charge >= 0.3 is 5.63 Å². The molecule has 0 N–H and O–H groups in total. The van der Waals surface area contributed by atoms with Gasteiger partial charge in [-0.15, -0.1) is 0 Å². The quantitative estimate of drug-likeness (QED) is 0.680. The second kappa shape index (κ2) is 5.21. The van der Waals surface area contributed by atoms with Crippen molar-refractivity contribution in [2.45, 2.75) is 6.54 Å². The molecule has 0 unspecified atom stereocenters. The van der Waals surface area contributed by atoms with E-state index in [0.717, 1.165) is 11.1 Å². The Kier molecular flexibility index (Phi) is 3.25. The maximum absolute atomic E-state index is 12.0. The molecule has 0 spiro atoms. The third-order valence-corrected chi connectivity index (χ3v) is 3.32. The van der Waals surface area contributed by atoms with Crippen molar-refractivity contribution >= 4 is 16.7 Å². The number of para-hydroxylation sites is 2. The van der Waals surface area contributed by atoms with E-state index in [4.69, 9.17) is 4.42 Å². The first-order valence-electron chi connectivity index (χ1n) is 6.52. The molecule has 0 atom stereocenters. The summed E-state index contributed by atoms with van der Waals surface area (Å²) in [6.07, 6.45) is 0. The van der Waals surface area contributed by atoms with Gasteiger partial charge in [-0.3, -0.25) is 0 Å². The zero-order chi connectivity index (χ0) is 13.9. The van der Waals surface area contributed by atoms with E-state index in [0.29, 0.717) is 17.7 Å². The molecule has 0 saturated heterocycles. The van der Waals surface area contributed by atoms with Crippen LogP contribution in [0.3, 0.4) is 0 Å². The lowest BCUT2D eigenvalue weighted by molar-refractivity contribution is 0.549. The molecule has 3 aromatic rings. The van der Waals surface area contributed by atoms with Crippen LogP contribution in [0.1, 0.15) is 5.56 Å². The highest BCUT2D eigenvalue weighted by atomic mass is 16.4. The molecule has 3 heteroatoms. The van der Waals surface area contributed by atoms with Crippen molar-refractivity contribution in [2.24, 2.45) is 0 Å². The van der Waals surface area contributed by atoms with Gasteiger partial charge in [0.15, 0.2) is 0 Å².